The third-order valence-corrected chi connectivity index (χ3v) is 5.08. The van der Waals surface area contributed by atoms with Crippen LogP contribution in [0.2, 0.25) is 0 Å². The Hall–Kier alpha value is -1.36. The van der Waals surface area contributed by atoms with Gasteiger partial charge >= 0.3 is 0 Å². The maximum Gasteiger partial charge on any atom is 0.231 e. The van der Waals surface area contributed by atoms with Crippen LogP contribution in [0.5, 0.6) is 0 Å². The van der Waals surface area contributed by atoms with Gasteiger partial charge in [-0.25, -0.2) is 0 Å². The molecule has 0 saturated heterocycles. The number of nitrogens with one attached hydrogen (secondary N) is 2. The summed E-state index contributed by atoms with van der Waals surface area (Å²) >= 11 is 3.50. The third kappa shape index (κ3) is 4.82. The van der Waals surface area contributed by atoms with Crippen molar-refractivity contribution in [3.8, 4) is 0 Å². The first-order valence-corrected chi connectivity index (χ1v) is 9.29. The maximum atomic E-state index is 13.0. The van der Waals surface area contributed by atoms with Crippen LogP contribution in [0.25, 0.3) is 0 Å². The Balaban J connectivity index is 2.14. The van der Waals surface area contributed by atoms with Crippen molar-refractivity contribution >= 4 is 33.4 Å². The highest BCUT2D eigenvalue weighted by Crippen LogP contribution is 2.42. The number of hydrogen-bond donors (Lipinski definition) is 2. The molecule has 4 nitrogen and oxygen atoms in total. The van der Waals surface area contributed by atoms with Crippen molar-refractivity contribution < 1.29 is 9.59 Å². The van der Waals surface area contributed by atoms with Gasteiger partial charge in [-0.1, -0.05) is 18.9 Å². The molecule has 5 heteroatoms. The van der Waals surface area contributed by atoms with E-state index in [-0.39, 0.29) is 23.8 Å². The van der Waals surface area contributed by atoms with E-state index in [0.29, 0.717) is 0 Å². The molecule has 0 aliphatic heterocycles. The Morgan fingerprint density at radius 1 is 1.21 bits per heavy atom. The molecule has 0 radical (unpaired) electrons. The van der Waals surface area contributed by atoms with Crippen LogP contribution in [0.1, 0.15) is 58.4 Å². The Morgan fingerprint density at radius 3 is 2.38 bits per heavy atom. The molecule has 0 spiro atoms. The number of carbonyl (C=O) groups is 2. The number of hydrogen-bond acceptors (Lipinski definition) is 2. The van der Waals surface area contributed by atoms with Crippen molar-refractivity contribution in [1.29, 1.82) is 0 Å². The molecule has 1 fully saturated rings. The zero-order chi connectivity index (χ0) is 18.0. The number of halogens is 1. The predicted octanol–water partition coefficient (Wildman–Crippen LogP) is 4.56. The first-order chi connectivity index (χ1) is 11.1. The Morgan fingerprint density at radius 2 is 1.83 bits per heavy atom. The molecule has 0 atom stereocenters. The molecule has 132 valence electrons. The van der Waals surface area contributed by atoms with Crippen molar-refractivity contribution in [3.05, 3.63) is 28.2 Å². The monoisotopic (exact) mass is 394 g/mol. The largest absolute Gasteiger partial charge is 0.351 e. The van der Waals surface area contributed by atoms with Gasteiger partial charge in [0, 0.05) is 16.4 Å². The Labute approximate surface area is 152 Å². The third-order valence-electron chi connectivity index (χ3n) is 4.43. The van der Waals surface area contributed by atoms with Crippen molar-refractivity contribution in [1.82, 2.24) is 5.32 Å². The lowest BCUT2D eigenvalue weighted by Gasteiger charge is -2.29. The predicted molar refractivity (Wildman–Crippen MR) is 101 cm³/mol. The second-order valence-corrected chi connectivity index (χ2v) is 8.75. The van der Waals surface area contributed by atoms with Crippen LogP contribution in [-0.4, -0.2) is 17.4 Å². The standard InChI is InChI=1S/C19H27BrN2O2/c1-13-7-8-15(14(20)11-13)21-17(24)19(9-5-6-10-19)12-16(23)22-18(2,3)4/h7-8,11H,5-6,9-10,12H2,1-4H3,(H,21,24)(H,22,23). The normalized spacial score (nSPS) is 16.7. The first-order valence-electron chi connectivity index (χ1n) is 8.50. The van der Waals surface area contributed by atoms with E-state index < -0.39 is 5.41 Å². The summed E-state index contributed by atoms with van der Waals surface area (Å²) < 4.78 is 0.864. The summed E-state index contributed by atoms with van der Waals surface area (Å²) in [7, 11) is 0. The second-order valence-electron chi connectivity index (χ2n) is 7.90. The van der Waals surface area contributed by atoms with E-state index >= 15 is 0 Å². The minimum atomic E-state index is -0.598. The van der Waals surface area contributed by atoms with Gasteiger partial charge in [-0.2, -0.15) is 0 Å². The summed E-state index contributed by atoms with van der Waals surface area (Å²) in [5.74, 6) is -0.101. The molecule has 1 aliphatic carbocycles. The zero-order valence-electron chi connectivity index (χ0n) is 15.0. The van der Waals surface area contributed by atoms with Crippen molar-refractivity contribution in [2.45, 2.75) is 65.3 Å². The van der Waals surface area contributed by atoms with Gasteiger partial charge < -0.3 is 10.6 Å². The highest BCUT2D eigenvalue weighted by atomic mass is 79.9. The van der Waals surface area contributed by atoms with Crippen LogP contribution >= 0.6 is 15.9 Å². The summed E-state index contributed by atoms with van der Waals surface area (Å²) in [6.07, 6.45) is 3.76. The fraction of sp³-hybridized carbons (Fsp3) is 0.579. The van der Waals surface area contributed by atoms with Crippen LogP contribution < -0.4 is 10.6 Å². The number of aryl methyl sites for hydroxylation is 1. The lowest BCUT2D eigenvalue weighted by Crippen LogP contribution is -2.45. The van der Waals surface area contributed by atoms with Gasteiger partial charge in [0.2, 0.25) is 11.8 Å². The van der Waals surface area contributed by atoms with E-state index in [4.69, 9.17) is 0 Å². The van der Waals surface area contributed by atoms with Crippen molar-refractivity contribution in [3.63, 3.8) is 0 Å². The molecule has 2 rings (SSSR count). The van der Waals surface area contributed by atoms with Gasteiger partial charge in [0.25, 0.3) is 0 Å². The molecule has 2 amide bonds. The van der Waals surface area contributed by atoms with Gasteiger partial charge in [0.1, 0.15) is 0 Å². The number of carbonyl (C=O) groups excluding carboxylic acids is 2. The fourth-order valence-electron chi connectivity index (χ4n) is 3.28. The molecular formula is C19H27BrN2O2. The summed E-state index contributed by atoms with van der Waals surface area (Å²) in [4.78, 5) is 25.4. The minimum absolute atomic E-state index is 0.0476. The molecule has 1 aromatic carbocycles. The molecule has 0 heterocycles. The summed E-state index contributed by atoms with van der Waals surface area (Å²) in [5.41, 5.74) is 1.00. The van der Waals surface area contributed by atoms with E-state index in [1.807, 2.05) is 45.9 Å². The highest BCUT2D eigenvalue weighted by Gasteiger charge is 2.43. The van der Waals surface area contributed by atoms with Crippen LogP contribution in [-0.2, 0) is 9.59 Å². The van der Waals surface area contributed by atoms with E-state index in [1.165, 1.54) is 0 Å². The Bertz CT molecular complexity index is 629. The van der Waals surface area contributed by atoms with Crippen molar-refractivity contribution in [2.24, 2.45) is 5.41 Å². The first kappa shape index (κ1) is 19.0. The molecule has 1 saturated carbocycles. The number of anilines is 1. The number of benzene rings is 1. The van der Waals surface area contributed by atoms with E-state index in [9.17, 15) is 9.59 Å². The van der Waals surface area contributed by atoms with E-state index in [1.54, 1.807) is 0 Å². The molecule has 0 bridgehead atoms. The molecule has 1 aromatic rings. The molecule has 1 aliphatic rings. The van der Waals surface area contributed by atoms with E-state index in [0.717, 1.165) is 41.4 Å². The van der Waals surface area contributed by atoms with Crippen LogP contribution in [0, 0.1) is 12.3 Å². The topological polar surface area (TPSA) is 58.2 Å². The summed E-state index contributed by atoms with van der Waals surface area (Å²) in [5, 5.41) is 6.00. The van der Waals surface area contributed by atoms with Gasteiger partial charge in [0.05, 0.1) is 11.1 Å². The van der Waals surface area contributed by atoms with Crippen LogP contribution in [0.15, 0.2) is 22.7 Å². The quantitative estimate of drug-likeness (QED) is 0.785. The lowest BCUT2D eigenvalue weighted by atomic mass is 9.81. The van der Waals surface area contributed by atoms with Gasteiger partial charge in [-0.05, 0) is 74.2 Å². The SMILES string of the molecule is Cc1ccc(NC(=O)C2(CC(=O)NC(C)(C)C)CCCC2)c(Br)c1. The second kappa shape index (κ2) is 7.26. The number of amides is 2. The molecular weight excluding hydrogens is 368 g/mol. The minimum Gasteiger partial charge on any atom is -0.351 e. The highest BCUT2D eigenvalue weighted by molar-refractivity contribution is 9.10. The average Bonchev–Trinajstić information content (AvgIpc) is 2.89. The smallest absolute Gasteiger partial charge is 0.231 e. The van der Waals surface area contributed by atoms with Crippen molar-refractivity contribution in [2.75, 3.05) is 5.32 Å². The van der Waals surface area contributed by atoms with E-state index in [2.05, 4.69) is 26.6 Å². The van der Waals surface area contributed by atoms with Crippen LogP contribution in [0.4, 0.5) is 5.69 Å². The molecule has 0 unspecified atom stereocenters. The summed E-state index contributed by atoms with van der Waals surface area (Å²) in [6, 6.07) is 5.84. The fourth-order valence-corrected chi connectivity index (χ4v) is 3.87. The number of rotatable bonds is 4. The average molecular weight is 395 g/mol. The zero-order valence-corrected chi connectivity index (χ0v) is 16.5. The van der Waals surface area contributed by atoms with Gasteiger partial charge in [0.15, 0.2) is 0 Å². The molecule has 24 heavy (non-hydrogen) atoms. The molecule has 0 aromatic heterocycles. The van der Waals surface area contributed by atoms with Gasteiger partial charge in [-0.15, -0.1) is 0 Å². The summed E-state index contributed by atoms with van der Waals surface area (Å²) in [6.45, 7) is 7.87. The van der Waals surface area contributed by atoms with Crippen LogP contribution in [0.3, 0.4) is 0 Å². The lowest BCUT2D eigenvalue weighted by molar-refractivity contribution is -0.133. The Kier molecular flexibility index (Phi) is 5.74. The maximum absolute atomic E-state index is 13.0. The van der Waals surface area contributed by atoms with Gasteiger partial charge in [-0.3, -0.25) is 9.59 Å². The molecule has 2 N–H and O–H groups in total.